The van der Waals surface area contributed by atoms with E-state index in [1.54, 1.807) is 23.0 Å². The van der Waals surface area contributed by atoms with Gasteiger partial charge in [0.15, 0.2) is 0 Å². The molecule has 0 radical (unpaired) electrons. The first-order valence-corrected chi connectivity index (χ1v) is 11.9. The number of fused-ring (bicyclic) bond motifs is 1. The van der Waals surface area contributed by atoms with Gasteiger partial charge in [0.1, 0.15) is 23.2 Å². The van der Waals surface area contributed by atoms with Crippen LogP contribution in [0.5, 0.6) is 0 Å². The average molecular weight is 509 g/mol. The van der Waals surface area contributed by atoms with Gasteiger partial charge in [0.05, 0.1) is 41.4 Å². The van der Waals surface area contributed by atoms with Gasteiger partial charge in [-0.05, 0) is 56.5 Å². The number of anilines is 2. The molecule has 1 unspecified atom stereocenters. The molecule has 10 heteroatoms. The van der Waals surface area contributed by atoms with Gasteiger partial charge in [-0.2, -0.15) is 5.26 Å². The van der Waals surface area contributed by atoms with Crippen molar-refractivity contribution in [2.24, 2.45) is 0 Å². The van der Waals surface area contributed by atoms with E-state index in [-0.39, 0.29) is 23.2 Å². The van der Waals surface area contributed by atoms with Gasteiger partial charge < -0.3 is 10.6 Å². The lowest BCUT2D eigenvalue weighted by molar-refractivity contribution is 0.235. The van der Waals surface area contributed by atoms with Gasteiger partial charge in [-0.3, -0.25) is 4.98 Å². The molecule has 1 fully saturated rings. The molecular weight excluding hydrogens is 484 g/mol. The average Bonchev–Trinajstić information content (AvgIpc) is 3.58. The molecule has 0 saturated heterocycles. The maximum absolute atomic E-state index is 14.3. The molecule has 0 amide bonds. The van der Waals surface area contributed by atoms with Crippen LogP contribution in [0, 0.1) is 17.1 Å². The number of nitrogens with zero attached hydrogens (tertiary/aromatic N) is 5. The van der Waals surface area contributed by atoms with E-state index in [1.807, 2.05) is 0 Å². The highest BCUT2D eigenvalue weighted by atomic mass is 35.5. The summed E-state index contributed by atoms with van der Waals surface area (Å²) < 4.78 is 39.2. The third kappa shape index (κ3) is 5.09. The fourth-order valence-electron chi connectivity index (χ4n) is 3.86. The van der Waals surface area contributed by atoms with Crippen LogP contribution in [0.1, 0.15) is 56.9 Å². The van der Waals surface area contributed by atoms with E-state index in [1.165, 1.54) is 44.3 Å². The van der Waals surface area contributed by atoms with E-state index in [2.05, 4.69) is 32.0 Å². The second-order valence-electron chi connectivity index (χ2n) is 9.41. The highest BCUT2D eigenvalue weighted by Gasteiger charge is 2.27. The van der Waals surface area contributed by atoms with Gasteiger partial charge in [-0.15, -0.1) is 5.10 Å². The predicted molar refractivity (Wildman–Crippen MR) is 135 cm³/mol. The molecule has 184 valence electrons. The van der Waals surface area contributed by atoms with Crippen LogP contribution in [-0.4, -0.2) is 32.2 Å². The lowest BCUT2D eigenvalue weighted by atomic mass is 10.0. The number of nitrogens with one attached hydrogen (secondary N) is 2. The molecule has 2 aromatic heterocycles. The van der Waals surface area contributed by atoms with Crippen LogP contribution in [-0.2, 0) is 0 Å². The van der Waals surface area contributed by atoms with Gasteiger partial charge in [-0.25, -0.2) is 13.5 Å². The van der Waals surface area contributed by atoms with E-state index in [9.17, 15) is 15.4 Å². The van der Waals surface area contributed by atoms with Crippen molar-refractivity contribution in [3.63, 3.8) is 0 Å². The summed E-state index contributed by atoms with van der Waals surface area (Å²) >= 11 is 6.59. The number of aromatic nitrogens is 4. The number of rotatable bonds is 8. The van der Waals surface area contributed by atoms with Crippen molar-refractivity contribution in [1.29, 1.82) is 5.26 Å². The SMILES string of the molecule is [2H]C(Nc1cc(Cl)c2ncc(C#N)c(NCC(C)(C)F)c2c1)(c1ccc(F)cc1)c1cn(C2CC2)nn1. The van der Waals surface area contributed by atoms with Crippen LogP contribution in [0.15, 0.2) is 48.8 Å². The number of pyridine rings is 1. The minimum absolute atomic E-state index is 0.0434. The van der Waals surface area contributed by atoms with Crippen molar-refractivity contribution in [3.05, 3.63) is 76.5 Å². The van der Waals surface area contributed by atoms with Crippen LogP contribution in [0.25, 0.3) is 10.9 Å². The third-order valence-corrected chi connectivity index (χ3v) is 6.11. The molecule has 2 aromatic carbocycles. The maximum atomic E-state index is 14.3. The van der Waals surface area contributed by atoms with E-state index < -0.39 is 17.5 Å². The maximum Gasteiger partial charge on any atom is 0.123 e. The first-order valence-electron chi connectivity index (χ1n) is 12.0. The van der Waals surface area contributed by atoms with Crippen LogP contribution < -0.4 is 10.6 Å². The summed E-state index contributed by atoms with van der Waals surface area (Å²) in [5.74, 6) is -0.428. The van der Waals surface area contributed by atoms with Crippen LogP contribution in [0.4, 0.5) is 20.2 Å². The Morgan fingerprint density at radius 3 is 2.72 bits per heavy atom. The summed E-state index contributed by atoms with van der Waals surface area (Å²) in [4.78, 5) is 4.32. The molecule has 36 heavy (non-hydrogen) atoms. The van der Waals surface area contributed by atoms with E-state index in [0.29, 0.717) is 33.5 Å². The number of nitriles is 1. The molecule has 2 heterocycles. The van der Waals surface area contributed by atoms with Crippen molar-refractivity contribution in [1.82, 2.24) is 20.0 Å². The molecule has 5 rings (SSSR count). The second-order valence-corrected chi connectivity index (χ2v) is 9.81. The van der Waals surface area contributed by atoms with Crippen LogP contribution in [0.2, 0.25) is 5.02 Å². The summed E-state index contributed by atoms with van der Waals surface area (Å²) in [7, 11) is 0. The highest BCUT2D eigenvalue weighted by Crippen LogP contribution is 2.37. The van der Waals surface area contributed by atoms with E-state index in [4.69, 9.17) is 11.6 Å². The smallest absolute Gasteiger partial charge is 0.123 e. The lowest BCUT2D eigenvalue weighted by Gasteiger charge is -2.21. The Hall–Kier alpha value is -3.77. The topological polar surface area (TPSA) is 91.5 Å². The summed E-state index contributed by atoms with van der Waals surface area (Å²) in [5.41, 5.74) is 0.695. The largest absolute Gasteiger partial charge is 0.380 e. The van der Waals surface area contributed by atoms with Gasteiger partial charge in [0.2, 0.25) is 0 Å². The van der Waals surface area contributed by atoms with Gasteiger partial charge in [0, 0.05) is 23.8 Å². The summed E-state index contributed by atoms with van der Waals surface area (Å²) in [6, 6.07) is 9.60. The van der Waals surface area contributed by atoms with Gasteiger partial charge >= 0.3 is 0 Å². The van der Waals surface area contributed by atoms with Crippen molar-refractivity contribution in [2.75, 3.05) is 17.2 Å². The first kappa shape index (κ1) is 22.7. The second kappa shape index (κ2) is 9.36. The molecule has 7 nitrogen and oxygen atoms in total. The molecule has 1 aliphatic carbocycles. The summed E-state index contributed by atoms with van der Waals surface area (Å²) in [6.45, 7) is 2.82. The number of hydrogen-bond donors (Lipinski definition) is 2. The van der Waals surface area contributed by atoms with Crippen molar-refractivity contribution >= 4 is 33.9 Å². The van der Waals surface area contributed by atoms with Crippen molar-refractivity contribution < 1.29 is 10.2 Å². The monoisotopic (exact) mass is 508 g/mol. The summed E-state index contributed by atoms with van der Waals surface area (Å²) in [5, 5.41) is 25.1. The Bertz CT molecular complexity index is 1510. The van der Waals surface area contributed by atoms with E-state index >= 15 is 0 Å². The molecule has 1 saturated carbocycles. The quantitative estimate of drug-likeness (QED) is 0.295. The van der Waals surface area contributed by atoms with Crippen LogP contribution in [0.3, 0.4) is 0 Å². The Morgan fingerprint density at radius 2 is 2.06 bits per heavy atom. The fraction of sp³-hybridized carbons (Fsp3) is 0.308. The molecule has 2 N–H and O–H groups in total. The molecular formula is C26H24ClF2N7. The minimum atomic E-state index is -1.65. The predicted octanol–water partition coefficient (Wildman–Crippen LogP) is 6.19. The fourth-order valence-corrected chi connectivity index (χ4v) is 4.13. The van der Waals surface area contributed by atoms with Gasteiger partial charge in [0.25, 0.3) is 0 Å². The summed E-state index contributed by atoms with van der Waals surface area (Å²) in [6.07, 6.45) is 5.10. The standard InChI is InChI=1S/C26H24ClF2N7/c1-26(2,29)14-32-23-16(11-30)12-31-25-20(23)9-18(10-21(25)27)33-24(15-3-5-17(28)6-4-15)22-13-36(35-34-22)19-7-8-19/h3-6,9-10,12-13,19,24,33H,7-8,14H2,1-2H3,(H,31,32)/i24D. The third-order valence-electron chi connectivity index (χ3n) is 5.82. The molecule has 0 bridgehead atoms. The Labute approximate surface area is 213 Å². The Kier molecular flexibility index (Phi) is 5.89. The number of halogens is 3. The molecule has 1 atom stereocenters. The molecule has 0 aliphatic heterocycles. The van der Waals surface area contributed by atoms with Crippen molar-refractivity contribution in [3.8, 4) is 6.07 Å². The highest BCUT2D eigenvalue weighted by molar-refractivity contribution is 6.35. The first-order chi connectivity index (χ1) is 17.6. The lowest BCUT2D eigenvalue weighted by Crippen LogP contribution is -2.25. The zero-order valence-electron chi connectivity index (χ0n) is 20.7. The van der Waals surface area contributed by atoms with Crippen molar-refractivity contribution in [2.45, 2.75) is 44.4 Å². The van der Waals surface area contributed by atoms with Gasteiger partial charge in [-0.1, -0.05) is 28.9 Å². The number of benzene rings is 2. The molecule has 4 aromatic rings. The molecule has 1 aliphatic rings. The number of hydrogen-bond acceptors (Lipinski definition) is 6. The molecule has 0 spiro atoms. The Morgan fingerprint density at radius 1 is 1.31 bits per heavy atom. The zero-order chi connectivity index (χ0) is 26.4. The Balaban J connectivity index is 1.62. The van der Waals surface area contributed by atoms with E-state index in [0.717, 1.165) is 12.8 Å². The zero-order valence-corrected chi connectivity index (χ0v) is 20.4. The minimum Gasteiger partial charge on any atom is -0.380 e. The van der Waals surface area contributed by atoms with Crippen LogP contribution >= 0.6 is 11.6 Å². The normalized spacial score (nSPS) is 15.7. The number of alkyl halides is 1.